The summed E-state index contributed by atoms with van der Waals surface area (Å²) < 4.78 is 5.09. The molecule has 0 saturated carbocycles. The number of aromatic nitrogens is 1. The zero-order chi connectivity index (χ0) is 15.9. The van der Waals surface area contributed by atoms with Crippen molar-refractivity contribution in [3.05, 3.63) is 23.9 Å². The normalized spacial score (nSPS) is 10.9. The lowest BCUT2D eigenvalue weighted by Crippen LogP contribution is -2.33. The Morgan fingerprint density at radius 3 is 2.57 bits per heavy atom. The monoisotopic (exact) mass is 293 g/mol. The first-order valence-electron chi connectivity index (χ1n) is 6.95. The van der Waals surface area contributed by atoms with Crippen molar-refractivity contribution in [3.63, 3.8) is 0 Å². The topological polar surface area (TPSA) is 80.3 Å². The average molecular weight is 293 g/mol. The molecule has 116 valence electrons. The summed E-state index contributed by atoms with van der Waals surface area (Å²) in [5.74, 6) is 0.406. The summed E-state index contributed by atoms with van der Waals surface area (Å²) in [5.41, 5.74) is 0.521. The molecule has 1 rings (SSSR count). The van der Waals surface area contributed by atoms with Crippen molar-refractivity contribution >= 4 is 17.8 Å². The van der Waals surface area contributed by atoms with Gasteiger partial charge in [-0.05, 0) is 45.7 Å². The summed E-state index contributed by atoms with van der Waals surface area (Å²) in [7, 11) is 0. The number of hydrogen-bond donors (Lipinski definition) is 2. The molecule has 0 aliphatic rings. The highest BCUT2D eigenvalue weighted by atomic mass is 16.6. The van der Waals surface area contributed by atoms with Crippen LogP contribution in [0.15, 0.2) is 18.3 Å². The predicted molar refractivity (Wildman–Crippen MR) is 81.1 cm³/mol. The number of alkyl carbamates (subject to hydrolysis) is 1. The lowest BCUT2D eigenvalue weighted by atomic mass is 10.2. The van der Waals surface area contributed by atoms with Gasteiger partial charge in [-0.1, -0.05) is 6.07 Å². The van der Waals surface area contributed by atoms with Gasteiger partial charge >= 0.3 is 6.09 Å². The van der Waals surface area contributed by atoms with Crippen LogP contribution in [0, 0.1) is 6.92 Å². The number of hydrogen-bond acceptors (Lipinski definition) is 4. The Morgan fingerprint density at radius 2 is 2.00 bits per heavy atom. The minimum Gasteiger partial charge on any atom is -0.444 e. The summed E-state index contributed by atoms with van der Waals surface area (Å²) >= 11 is 0. The van der Waals surface area contributed by atoms with E-state index >= 15 is 0 Å². The molecule has 0 atom stereocenters. The van der Waals surface area contributed by atoms with Crippen LogP contribution >= 0.6 is 0 Å². The van der Waals surface area contributed by atoms with Crippen LogP contribution in [-0.4, -0.2) is 29.1 Å². The molecule has 6 nitrogen and oxygen atoms in total. The minimum atomic E-state index is -0.515. The first-order chi connectivity index (χ1) is 9.76. The number of anilines is 1. The Kier molecular flexibility index (Phi) is 6.14. The van der Waals surface area contributed by atoms with Gasteiger partial charge in [0, 0.05) is 19.2 Å². The van der Waals surface area contributed by atoms with Crippen molar-refractivity contribution in [2.45, 2.75) is 46.1 Å². The van der Waals surface area contributed by atoms with Crippen LogP contribution in [0.4, 0.5) is 10.6 Å². The molecule has 0 spiro atoms. The molecule has 0 bridgehead atoms. The molecule has 0 fully saturated rings. The summed E-state index contributed by atoms with van der Waals surface area (Å²) in [6.07, 6.45) is 2.07. The van der Waals surface area contributed by atoms with Crippen molar-refractivity contribution in [1.82, 2.24) is 10.3 Å². The maximum atomic E-state index is 11.7. The highest BCUT2D eigenvalue weighted by Crippen LogP contribution is 2.07. The molecule has 0 aromatic carbocycles. The van der Waals surface area contributed by atoms with Gasteiger partial charge in [-0.3, -0.25) is 4.79 Å². The van der Waals surface area contributed by atoms with E-state index in [1.165, 1.54) is 0 Å². The molecule has 21 heavy (non-hydrogen) atoms. The molecule has 2 amide bonds. The number of carbonyl (C=O) groups excluding carboxylic acids is 2. The minimum absolute atomic E-state index is 0.127. The highest BCUT2D eigenvalue weighted by Gasteiger charge is 2.15. The van der Waals surface area contributed by atoms with Gasteiger partial charge in [0.1, 0.15) is 11.4 Å². The van der Waals surface area contributed by atoms with Gasteiger partial charge in [0.15, 0.2) is 0 Å². The number of pyridine rings is 1. The van der Waals surface area contributed by atoms with Crippen LogP contribution < -0.4 is 10.6 Å². The fourth-order valence-electron chi connectivity index (χ4n) is 1.50. The number of amides is 2. The number of nitrogens with zero attached hydrogens (tertiary/aromatic N) is 1. The highest BCUT2D eigenvalue weighted by molar-refractivity contribution is 5.89. The Balaban J connectivity index is 2.19. The van der Waals surface area contributed by atoms with E-state index in [1.807, 2.05) is 13.0 Å². The van der Waals surface area contributed by atoms with Crippen LogP contribution in [0.3, 0.4) is 0 Å². The first-order valence-corrected chi connectivity index (χ1v) is 6.95. The molecule has 0 saturated heterocycles. The Labute approximate surface area is 125 Å². The predicted octanol–water partition coefficient (Wildman–Crippen LogP) is 2.63. The third-order valence-electron chi connectivity index (χ3n) is 2.43. The van der Waals surface area contributed by atoms with Gasteiger partial charge in [-0.25, -0.2) is 9.78 Å². The van der Waals surface area contributed by atoms with Gasteiger partial charge in [-0.2, -0.15) is 0 Å². The van der Waals surface area contributed by atoms with E-state index < -0.39 is 11.7 Å². The van der Waals surface area contributed by atoms with Crippen LogP contribution in [-0.2, 0) is 9.53 Å². The zero-order valence-corrected chi connectivity index (χ0v) is 13.0. The number of carbonyl (C=O) groups is 2. The van der Waals surface area contributed by atoms with Crippen LogP contribution in [0.2, 0.25) is 0 Å². The number of rotatable bonds is 5. The quantitative estimate of drug-likeness (QED) is 0.818. The number of nitrogens with one attached hydrogen (secondary N) is 2. The third-order valence-corrected chi connectivity index (χ3v) is 2.43. The maximum absolute atomic E-state index is 11.7. The fraction of sp³-hybridized carbons (Fsp3) is 0.533. The van der Waals surface area contributed by atoms with Crippen LogP contribution in [0.1, 0.15) is 39.2 Å². The summed E-state index contributed by atoms with van der Waals surface area (Å²) in [6, 6.07) is 3.64. The summed E-state index contributed by atoms with van der Waals surface area (Å²) in [6.45, 7) is 7.72. The molecule has 1 aromatic heterocycles. The molecule has 0 aliphatic carbocycles. The van der Waals surface area contributed by atoms with Gasteiger partial charge in [-0.15, -0.1) is 0 Å². The molecule has 0 aliphatic heterocycles. The van der Waals surface area contributed by atoms with E-state index in [1.54, 1.807) is 33.0 Å². The van der Waals surface area contributed by atoms with Gasteiger partial charge in [0.25, 0.3) is 0 Å². The smallest absolute Gasteiger partial charge is 0.407 e. The van der Waals surface area contributed by atoms with Crippen molar-refractivity contribution in [1.29, 1.82) is 0 Å². The summed E-state index contributed by atoms with van der Waals surface area (Å²) in [5, 5.41) is 5.31. The molecule has 1 heterocycles. The SMILES string of the molecule is Cc1ccc(NC(=O)CCCNC(=O)OC(C)(C)C)nc1. The lowest BCUT2D eigenvalue weighted by Gasteiger charge is -2.19. The summed E-state index contributed by atoms with van der Waals surface area (Å²) in [4.78, 5) is 27.2. The number of ether oxygens (including phenoxy) is 1. The number of aryl methyl sites for hydroxylation is 1. The van der Waals surface area contributed by atoms with E-state index in [0.29, 0.717) is 25.2 Å². The van der Waals surface area contributed by atoms with E-state index in [-0.39, 0.29) is 5.91 Å². The fourth-order valence-corrected chi connectivity index (χ4v) is 1.50. The van der Waals surface area contributed by atoms with Crippen molar-refractivity contribution in [3.8, 4) is 0 Å². The second-order valence-corrected chi connectivity index (χ2v) is 5.80. The van der Waals surface area contributed by atoms with Crippen LogP contribution in [0.25, 0.3) is 0 Å². The Bertz CT molecular complexity index is 478. The van der Waals surface area contributed by atoms with E-state index in [0.717, 1.165) is 5.56 Å². The lowest BCUT2D eigenvalue weighted by molar-refractivity contribution is -0.116. The third kappa shape index (κ3) is 7.91. The van der Waals surface area contributed by atoms with Crippen molar-refractivity contribution in [2.24, 2.45) is 0 Å². The molecule has 2 N–H and O–H groups in total. The van der Waals surface area contributed by atoms with E-state index in [9.17, 15) is 9.59 Å². The second-order valence-electron chi connectivity index (χ2n) is 5.80. The van der Waals surface area contributed by atoms with Crippen molar-refractivity contribution in [2.75, 3.05) is 11.9 Å². The Morgan fingerprint density at radius 1 is 1.29 bits per heavy atom. The zero-order valence-electron chi connectivity index (χ0n) is 13.0. The first kappa shape index (κ1) is 16.9. The maximum Gasteiger partial charge on any atom is 0.407 e. The largest absolute Gasteiger partial charge is 0.444 e. The molecule has 0 unspecified atom stereocenters. The molecule has 1 aromatic rings. The van der Waals surface area contributed by atoms with Crippen molar-refractivity contribution < 1.29 is 14.3 Å². The van der Waals surface area contributed by atoms with Gasteiger partial charge in [0.2, 0.25) is 5.91 Å². The van der Waals surface area contributed by atoms with E-state index in [4.69, 9.17) is 4.74 Å². The molecule has 6 heteroatoms. The standard InChI is InChI=1S/C15H23N3O3/c1-11-7-8-12(17-10-11)18-13(19)6-5-9-16-14(20)21-15(2,3)4/h7-8,10H,5-6,9H2,1-4H3,(H,16,20)(H,17,18,19). The molecule has 0 radical (unpaired) electrons. The Hall–Kier alpha value is -2.11. The van der Waals surface area contributed by atoms with Gasteiger partial charge < -0.3 is 15.4 Å². The van der Waals surface area contributed by atoms with Gasteiger partial charge in [0.05, 0.1) is 0 Å². The van der Waals surface area contributed by atoms with E-state index in [2.05, 4.69) is 15.6 Å². The molecular weight excluding hydrogens is 270 g/mol. The van der Waals surface area contributed by atoms with Crippen LogP contribution in [0.5, 0.6) is 0 Å². The molecular formula is C15H23N3O3. The average Bonchev–Trinajstić information content (AvgIpc) is 2.35. The second kappa shape index (κ2) is 7.61.